The van der Waals surface area contributed by atoms with Crippen molar-refractivity contribution in [1.29, 1.82) is 0 Å². The minimum absolute atomic E-state index is 0.00252. The van der Waals surface area contributed by atoms with Gasteiger partial charge in [-0.25, -0.2) is 9.97 Å². The Hall–Kier alpha value is -8.28. The van der Waals surface area contributed by atoms with Crippen molar-refractivity contribution >= 4 is 76.7 Å². The van der Waals surface area contributed by atoms with Gasteiger partial charge >= 0.3 is 0 Å². The number of fused-ring (bicyclic) bond motifs is 9. The summed E-state index contributed by atoms with van der Waals surface area (Å²) in [6, 6.07) is 65.5. The summed E-state index contributed by atoms with van der Waals surface area (Å²) in [5.41, 5.74) is 22.2. The second-order valence-electron chi connectivity index (χ2n) is 31.0. The average Bonchev–Trinajstić information content (AvgIpc) is 1.58. The van der Waals surface area contributed by atoms with Crippen molar-refractivity contribution in [2.45, 2.75) is 170 Å². The Morgan fingerprint density at radius 3 is 1.14 bits per heavy atom. The predicted molar refractivity (Wildman–Crippen MR) is 375 cm³/mol. The highest BCUT2D eigenvalue weighted by Gasteiger charge is 2.32. The Kier molecular flexibility index (Phi) is 14.4. The van der Waals surface area contributed by atoms with E-state index < -0.39 is 0 Å². The lowest BCUT2D eigenvalue weighted by Gasteiger charge is -2.23. The lowest BCUT2D eigenvalue weighted by atomic mass is 9.85. The molecule has 8 aromatic carbocycles. The largest absolute Gasteiger partial charge is 0.355 e. The van der Waals surface area contributed by atoms with Gasteiger partial charge in [-0.15, -0.1) is 0 Å². The zero-order valence-corrected chi connectivity index (χ0v) is 55.0. The smallest absolute Gasteiger partial charge is 0.134 e. The molecule has 0 saturated heterocycles. The number of nitrogens with one attached hydrogen (secondary N) is 1. The maximum absolute atomic E-state index is 5.43. The van der Waals surface area contributed by atoms with Crippen LogP contribution in [0.15, 0.2) is 188 Å². The van der Waals surface area contributed by atoms with Crippen molar-refractivity contribution < 1.29 is 0 Å². The molecule has 0 fully saturated rings. The van der Waals surface area contributed by atoms with E-state index in [1.54, 1.807) is 0 Å². The summed E-state index contributed by atoms with van der Waals surface area (Å²) in [7, 11) is 0. The Bertz CT molecular complexity index is 4470. The molecule has 13 rings (SSSR count). The third kappa shape index (κ3) is 11.4. The van der Waals surface area contributed by atoms with Gasteiger partial charge < -0.3 is 14.1 Å². The Labute approximate surface area is 517 Å². The van der Waals surface area contributed by atoms with Crippen LogP contribution in [0.1, 0.15) is 181 Å². The summed E-state index contributed by atoms with van der Waals surface area (Å²) >= 11 is 0. The molecule has 5 heteroatoms. The fraction of sp³-hybridized carbons (Fsp3) is 0.317. The maximum Gasteiger partial charge on any atom is 0.134 e. The zero-order valence-electron chi connectivity index (χ0n) is 55.0. The van der Waals surface area contributed by atoms with Crippen LogP contribution >= 0.6 is 0 Å². The summed E-state index contributed by atoms with van der Waals surface area (Å²) in [4.78, 5) is 14.2. The molecule has 442 valence electrons. The summed E-state index contributed by atoms with van der Waals surface area (Å²) in [5, 5.41) is 7.81. The maximum atomic E-state index is 5.43. The van der Waals surface area contributed by atoms with Gasteiger partial charge in [0.2, 0.25) is 0 Å². The van der Waals surface area contributed by atoms with E-state index in [-0.39, 0.29) is 38.5 Å². The average molecular weight is 1140 g/mol. The van der Waals surface area contributed by atoms with Gasteiger partial charge in [0.1, 0.15) is 5.82 Å². The van der Waals surface area contributed by atoms with Crippen molar-refractivity contribution in [1.82, 2.24) is 24.1 Å². The number of benzene rings is 8. The lowest BCUT2D eigenvalue weighted by molar-refractivity contribution is 0.590. The molecule has 1 aliphatic carbocycles. The number of allylic oxidation sites excluding steroid dienone is 4. The molecule has 4 aromatic heterocycles. The molecule has 0 amide bonds. The Morgan fingerprint density at radius 2 is 0.724 bits per heavy atom. The fourth-order valence-electron chi connectivity index (χ4n) is 12.7. The van der Waals surface area contributed by atoms with Gasteiger partial charge in [0.15, 0.2) is 0 Å². The molecule has 0 saturated carbocycles. The van der Waals surface area contributed by atoms with Crippen LogP contribution in [0.25, 0.3) is 87.9 Å². The highest BCUT2D eigenvalue weighted by Crippen LogP contribution is 2.48. The van der Waals surface area contributed by atoms with Crippen molar-refractivity contribution in [3.05, 3.63) is 239 Å². The quantitative estimate of drug-likeness (QED) is 0.180. The highest BCUT2D eigenvalue weighted by molar-refractivity contribution is 6.13. The number of aromatic nitrogens is 5. The van der Waals surface area contributed by atoms with Crippen LogP contribution in [0.3, 0.4) is 0 Å². The molecule has 4 heterocycles. The van der Waals surface area contributed by atoms with Crippen molar-refractivity contribution in [3.63, 3.8) is 0 Å². The zero-order chi connectivity index (χ0) is 61.9. The molecule has 1 atom stereocenters. The summed E-state index contributed by atoms with van der Waals surface area (Å²) < 4.78 is 5.17. The van der Waals surface area contributed by atoms with Gasteiger partial charge in [0.25, 0.3) is 0 Å². The summed E-state index contributed by atoms with van der Waals surface area (Å²) in [6.45, 7) is 41.4. The second-order valence-corrected chi connectivity index (χ2v) is 31.0. The number of hydrogen-bond acceptors (Lipinski definition) is 2. The fourth-order valence-corrected chi connectivity index (χ4v) is 12.7. The predicted octanol–water partition coefficient (Wildman–Crippen LogP) is 22.2. The normalized spacial score (nSPS) is 14.6. The summed E-state index contributed by atoms with van der Waals surface area (Å²) in [5.74, 6) is 0.805. The SMILES string of the molecule is CC(C)(C)c1ccc2[nH]c3ccc(C(C)(C)C)cc3c2c1.CC(C)(C)c1ccc2c(c1)c1cc(C(C)(C)C)ccc1n2C1=CC(c2cc(-c3ccccc3)nc(Cc3ccccc3)n2)=CC1n1c2ccc(C(C)(C)C)cc2c2cc(C(C)(C)C)ccc21. The molecular weight excluding hydrogens is 1050 g/mol. The van der Waals surface area contributed by atoms with E-state index in [9.17, 15) is 0 Å². The van der Waals surface area contributed by atoms with Crippen molar-refractivity contribution in [2.75, 3.05) is 0 Å². The topological polar surface area (TPSA) is 51.4 Å². The number of hydrogen-bond donors (Lipinski definition) is 1. The van der Waals surface area contributed by atoms with Crippen LogP contribution in [0.4, 0.5) is 0 Å². The van der Waals surface area contributed by atoms with Crippen LogP contribution in [0.5, 0.6) is 0 Å². The third-order valence-corrected chi connectivity index (χ3v) is 18.2. The van der Waals surface area contributed by atoms with E-state index in [0.29, 0.717) is 6.42 Å². The minimum atomic E-state index is -0.169. The molecule has 1 unspecified atom stereocenters. The first-order chi connectivity index (χ1) is 40.9. The van der Waals surface area contributed by atoms with Crippen LogP contribution in [0, 0.1) is 0 Å². The first-order valence-corrected chi connectivity index (χ1v) is 31.5. The molecule has 0 aliphatic heterocycles. The van der Waals surface area contributed by atoms with Gasteiger partial charge in [-0.3, -0.25) is 0 Å². The van der Waals surface area contributed by atoms with Crippen LogP contribution in [-0.4, -0.2) is 24.1 Å². The number of aromatic amines is 1. The van der Waals surface area contributed by atoms with Gasteiger partial charge in [0.05, 0.1) is 45.2 Å². The highest BCUT2D eigenvalue weighted by atomic mass is 15.1. The molecule has 0 radical (unpaired) electrons. The Morgan fingerprint density at radius 1 is 0.368 bits per heavy atom. The second kappa shape index (κ2) is 21.3. The third-order valence-electron chi connectivity index (χ3n) is 18.2. The van der Waals surface area contributed by atoms with E-state index in [4.69, 9.17) is 9.97 Å². The molecule has 1 aliphatic rings. The van der Waals surface area contributed by atoms with Gasteiger partial charge in [-0.05, 0) is 162 Å². The molecule has 0 bridgehead atoms. The molecule has 1 N–H and O–H groups in total. The first-order valence-electron chi connectivity index (χ1n) is 31.5. The molecule has 0 spiro atoms. The van der Waals surface area contributed by atoms with E-state index in [0.717, 1.165) is 28.3 Å². The minimum Gasteiger partial charge on any atom is -0.355 e. The van der Waals surface area contributed by atoms with Crippen LogP contribution in [-0.2, 0) is 38.9 Å². The standard InChI is InChI=1S/C62H64N4.C20H25N/c1-59(2,3)42-23-27-52-46(34-42)47-35-43(60(4,5)6)24-28-53(47)65(52)56-32-41(51-38-50(40-21-17-14-18-22-40)63-58(64-51)31-39-19-15-13-16-20-39)33-57(56)66-54-29-25-44(61(7,8)9)36-48(54)49-37-45(62(10,11)12)26-30-55(49)66;1-19(2,3)13-7-9-17-15(11-13)16-12-14(20(4,5)6)8-10-18(16)21-17/h13-30,32-38,56H,31H2,1-12H3;7-12,21H,1-6H3. The monoisotopic (exact) mass is 1140 g/mol. The molecule has 5 nitrogen and oxygen atoms in total. The van der Waals surface area contributed by atoms with Crippen molar-refractivity contribution in [2.24, 2.45) is 0 Å². The number of H-pyrrole nitrogens is 1. The van der Waals surface area contributed by atoms with Gasteiger partial charge in [-0.1, -0.05) is 222 Å². The number of nitrogens with zero attached hydrogens (tertiary/aromatic N) is 4. The van der Waals surface area contributed by atoms with Crippen molar-refractivity contribution in [3.8, 4) is 11.3 Å². The first kappa shape index (κ1) is 59.1. The Balaban J connectivity index is 0.000000296. The van der Waals surface area contributed by atoms with E-state index >= 15 is 0 Å². The summed E-state index contributed by atoms with van der Waals surface area (Å²) in [6.07, 6.45) is 5.53. The van der Waals surface area contributed by atoms with Gasteiger partial charge in [-0.2, -0.15) is 0 Å². The molecular formula is C82H89N5. The van der Waals surface area contributed by atoms with Gasteiger partial charge in [0, 0.05) is 60.9 Å². The van der Waals surface area contributed by atoms with E-state index in [1.165, 1.54) is 110 Å². The van der Waals surface area contributed by atoms with E-state index in [1.807, 2.05) is 0 Å². The molecule has 12 aromatic rings. The lowest BCUT2D eigenvalue weighted by Crippen LogP contribution is -2.13. The number of rotatable bonds is 6. The van der Waals surface area contributed by atoms with Crippen LogP contribution in [0.2, 0.25) is 0 Å². The molecule has 87 heavy (non-hydrogen) atoms. The van der Waals surface area contributed by atoms with E-state index in [2.05, 4.69) is 327 Å². The van der Waals surface area contributed by atoms with Crippen LogP contribution < -0.4 is 0 Å².